The van der Waals surface area contributed by atoms with Crippen molar-refractivity contribution in [2.24, 2.45) is 10.9 Å². The summed E-state index contributed by atoms with van der Waals surface area (Å²) in [6.45, 7) is 11.0. The van der Waals surface area contributed by atoms with Gasteiger partial charge in [-0.1, -0.05) is 25.6 Å². The van der Waals surface area contributed by atoms with Crippen LogP contribution in [0.2, 0.25) is 0 Å². The minimum absolute atomic E-state index is 0.0243. The Hall–Kier alpha value is -0.710. The van der Waals surface area contributed by atoms with E-state index in [9.17, 15) is 4.79 Å². The highest BCUT2D eigenvalue weighted by Gasteiger charge is 2.24. The van der Waals surface area contributed by atoms with Gasteiger partial charge in [-0.05, 0) is 26.7 Å². The molecule has 0 aromatic carbocycles. The van der Waals surface area contributed by atoms with Crippen LogP contribution in [0.15, 0.2) is 4.99 Å². The first kappa shape index (κ1) is 14.4. The van der Waals surface area contributed by atoms with Gasteiger partial charge in [-0.15, -0.1) is 0 Å². The molecule has 0 bridgehead atoms. The quantitative estimate of drug-likeness (QED) is 0.804. The fraction of sp³-hybridized carbons (Fsp3) is 0.833. The lowest BCUT2D eigenvalue weighted by atomic mass is 10.1. The van der Waals surface area contributed by atoms with Crippen LogP contribution in [-0.2, 0) is 4.79 Å². The number of carbonyl (C=O) groups is 1. The van der Waals surface area contributed by atoms with Crippen LogP contribution in [0.25, 0.3) is 0 Å². The highest BCUT2D eigenvalue weighted by Crippen LogP contribution is 2.25. The van der Waals surface area contributed by atoms with Crippen molar-refractivity contribution in [1.29, 1.82) is 0 Å². The Kier molecular flexibility index (Phi) is 5.31. The molecule has 2 atom stereocenters. The maximum atomic E-state index is 11.7. The van der Waals surface area contributed by atoms with Gasteiger partial charge in [-0.2, -0.15) is 0 Å². The van der Waals surface area contributed by atoms with E-state index in [1.165, 1.54) is 0 Å². The van der Waals surface area contributed by atoms with Crippen LogP contribution < -0.4 is 10.6 Å². The number of nitrogens with zero attached hydrogens (tertiary/aromatic N) is 1. The van der Waals surface area contributed by atoms with Gasteiger partial charge in [0.1, 0.15) is 6.04 Å². The van der Waals surface area contributed by atoms with Crippen molar-refractivity contribution in [3.8, 4) is 0 Å². The number of amides is 1. The topological polar surface area (TPSA) is 53.5 Å². The van der Waals surface area contributed by atoms with Crippen molar-refractivity contribution < 1.29 is 4.79 Å². The van der Waals surface area contributed by atoms with Gasteiger partial charge < -0.3 is 10.6 Å². The zero-order chi connectivity index (χ0) is 13.0. The van der Waals surface area contributed by atoms with E-state index in [-0.39, 0.29) is 18.0 Å². The summed E-state index contributed by atoms with van der Waals surface area (Å²) in [5.74, 6) is 0.638. The summed E-state index contributed by atoms with van der Waals surface area (Å²) in [7, 11) is 0. The highest BCUT2D eigenvalue weighted by atomic mass is 32.2. The molecular formula is C12H23N3OS. The normalized spacial score (nSPS) is 21.6. The lowest BCUT2D eigenvalue weighted by Gasteiger charge is -2.17. The molecule has 1 aliphatic heterocycles. The van der Waals surface area contributed by atoms with Gasteiger partial charge in [-0.25, -0.2) is 0 Å². The van der Waals surface area contributed by atoms with Crippen LogP contribution in [0.5, 0.6) is 0 Å². The predicted molar refractivity (Wildman–Crippen MR) is 74.4 cm³/mol. The Bertz CT molecular complexity index is 302. The van der Waals surface area contributed by atoms with E-state index in [4.69, 9.17) is 0 Å². The average Bonchev–Trinajstić information content (AvgIpc) is 2.65. The lowest BCUT2D eigenvalue weighted by molar-refractivity contribution is -0.122. The van der Waals surface area contributed by atoms with E-state index >= 15 is 0 Å². The molecule has 1 heterocycles. The summed E-state index contributed by atoms with van der Waals surface area (Å²) >= 11 is 1.74. The predicted octanol–water partition coefficient (Wildman–Crippen LogP) is 1.62. The Balaban J connectivity index is 2.38. The van der Waals surface area contributed by atoms with E-state index in [1.54, 1.807) is 11.8 Å². The van der Waals surface area contributed by atoms with E-state index in [1.807, 2.05) is 20.8 Å². The van der Waals surface area contributed by atoms with Crippen molar-refractivity contribution in [2.75, 3.05) is 6.54 Å². The number of hydrogen-bond donors (Lipinski definition) is 2. The summed E-state index contributed by atoms with van der Waals surface area (Å²) < 4.78 is 0. The average molecular weight is 257 g/mol. The van der Waals surface area contributed by atoms with Gasteiger partial charge in [0.15, 0.2) is 5.17 Å². The number of carbonyl (C=O) groups excluding carboxylic acids is 1. The van der Waals surface area contributed by atoms with Crippen LogP contribution in [-0.4, -0.2) is 35.0 Å². The number of rotatable bonds is 4. The van der Waals surface area contributed by atoms with Gasteiger partial charge in [0.2, 0.25) is 5.91 Å². The van der Waals surface area contributed by atoms with Gasteiger partial charge in [0, 0.05) is 11.3 Å². The molecule has 5 heteroatoms. The SMILES string of the molecule is CC(C)NC(=O)C(C)NC1=NCC(C(C)C)S1. The molecule has 17 heavy (non-hydrogen) atoms. The minimum atomic E-state index is -0.227. The lowest BCUT2D eigenvalue weighted by Crippen LogP contribution is -2.46. The molecule has 0 saturated heterocycles. The standard InChI is InChI=1S/C12H23N3OS/c1-7(2)10-6-13-12(17-10)15-9(5)11(16)14-8(3)4/h7-10H,6H2,1-5H3,(H,13,15)(H,14,16). The number of amidine groups is 1. The van der Waals surface area contributed by atoms with Crippen molar-refractivity contribution in [1.82, 2.24) is 10.6 Å². The molecule has 0 spiro atoms. The second-order valence-electron chi connectivity index (χ2n) is 5.08. The fourth-order valence-corrected chi connectivity index (χ4v) is 2.58. The first-order chi connectivity index (χ1) is 7.90. The molecule has 0 aromatic rings. The molecule has 1 amide bonds. The number of thioether (sulfide) groups is 1. The molecule has 1 aliphatic rings. The molecule has 4 nitrogen and oxygen atoms in total. The van der Waals surface area contributed by atoms with Crippen LogP contribution in [0.3, 0.4) is 0 Å². The summed E-state index contributed by atoms with van der Waals surface area (Å²) in [6, 6.07) is -0.0529. The number of aliphatic imine (C=N–C) groups is 1. The molecule has 0 radical (unpaired) electrons. The summed E-state index contributed by atoms with van der Waals surface area (Å²) in [6.07, 6.45) is 0. The molecule has 0 aromatic heterocycles. The first-order valence-electron chi connectivity index (χ1n) is 6.18. The number of nitrogens with one attached hydrogen (secondary N) is 2. The van der Waals surface area contributed by atoms with Gasteiger partial charge in [0.05, 0.1) is 6.54 Å². The van der Waals surface area contributed by atoms with E-state index in [0.29, 0.717) is 11.2 Å². The Labute approximate surface area is 108 Å². The van der Waals surface area contributed by atoms with Gasteiger partial charge in [0.25, 0.3) is 0 Å². The van der Waals surface area contributed by atoms with E-state index < -0.39 is 0 Å². The molecule has 0 aliphatic carbocycles. The van der Waals surface area contributed by atoms with Crippen LogP contribution in [0, 0.1) is 5.92 Å². The highest BCUT2D eigenvalue weighted by molar-refractivity contribution is 8.14. The molecule has 0 fully saturated rings. The summed E-state index contributed by atoms with van der Waals surface area (Å²) in [5.41, 5.74) is 0. The zero-order valence-electron chi connectivity index (χ0n) is 11.3. The van der Waals surface area contributed by atoms with Crippen LogP contribution in [0.1, 0.15) is 34.6 Å². The fourth-order valence-electron chi connectivity index (χ4n) is 1.48. The molecule has 98 valence electrons. The van der Waals surface area contributed by atoms with Crippen molar-refractivity contribution >= 4 is 22.8 Å². The van der Waals surface area contributed by atoms with E-state index in [0.717, 1.165) is 11.7 Å². The van der Waals surface area contributed by atoms with Crippen LogP contribution >= 0.6 is 11.8 Å². The molecule has 2 N–H and O–H groups in total. The summed E-state index contributed by atoms with van der Waals surface area (Å²) in [4.78, 5) is 16.1. The Morgan fingerprint density at radius 2 is 2.00 bits per heavy atom. The third-order valence-electron chi connectivity index (χ3n) is 2.59. The minimum Gasteiger partial charge on any atom is -0.353 e. The molecule has 0 saturated carbocycles. The number of hydrogen-bond acceptors (Lipinski definition) is 4. The molecule has 1 rings (SSSR count). The van der Waals surface area contributed by atoms with Gasteiger partial charge >= 0.3 is 0 Å². The largest absolute Gasteiger partial charge is 0.353 e. The Morgan fingerprint density at radius 3 is 2.47 bits per heavy atom. The van der Waals surface area contributed by atoms with Crippen molar-refractivity contribution in [3.05, 3.63) is 0 Å². The Morgan fingerprint density at radius 1 is 1.35 bits per heavy atom. The zero-order valence-corrected chi connectivity index (χ0v) is 12.1. The van der Waals surface area contributed by atoms with Crippen LogP contribution in [0.4, 0.5) is 0 Å². The maximum absolute atomic E-state index is 11.7. The van der Waals surface area contributed by atoms with Crippen molar-refractivity contribution in [2.45, 2.75) is 52.0 Å². The third-order valence-corrected chi connectivity index (χ3v) is 4.05. The third kappa shape index (κ3) is 4.58. The second kappa shape index (κ2) is 6.28. The maximum Gasteiger partial charge on any atom is 0.242 e. The van der Waals surface area contributed by atoms with E-state index in [2.05, 4.69) is 29.5 Å². The first-order valence-corrected chi connectivity index (χ1v) is 7.06. The smallest absolute Gasteiger partial charge is 0.242 e. The van der Waals surface area contributed by atoms with Gasteiger partial charge in [-0.3, -0.25) is 9.79 Å². The van der Waals surface area contributed by atoms with Crippen molar-refractivity contribution in [3.63, 3.8) is 0 Å². The summed E-state index contributed by atoms with van der Waals surface area (Å²) in [5, 5.41) is 7.49. The second-order valence-corrected chi connectivity index (χ2v) is 6.30. The monoisotopic (exact) mass is 257 g/mol. The molecule has 2 unspecified atom stereocenters. The molecular weight excluding hydrogens is 234 g/mol.